The third-order valence-electron chi connectivity index (χ3n) is 2.57. The first-order chi connectivity index (χ1) is 9.43. The molecule has 0 atom stereocenters. The Balaban J connectivity index is 2.63. The highest BCUT2D eigenvalue weighted by molar-refractivity contribution is 9.10. The molecule has 1 heterocycles. The van der Waals surface area contributed by atoms with Gasteiger partial charge in [-0.15, -0.1) is 0 Å². The summed E-state index contributed by atoms with van der Waals surface area (Å²) in [5, 5.41) is 0.268. The molecule has 0 saturated carbocycles. The quantitative estimate of drug-likeness (QED) is 0.831. The number of carbonyl (C=O) groups excluding carboxylic acids is 1. The molecule has 1 aromatic heterocycles. The van der Waals surface area contributed by atoms with Crippen molar-refractivity contribution in [1.82, 2.24) is 4.98 Å². The van der Waals surface area contributed by atoms with Crippen molar-refractivity contribution in [3.63, 3.8) is 0 Å². The predicted octanol–water partition coefficient (Wildman–Crippen LogP) is 3.67. The molecule has 2 N–H and O–H groups in total. The molecule has 0 aliphatic heterocycles. The highest BCUT2D eigenvalue weighted by Crippen LogP contribution is 2.30. The van der Waals surface area contributed by atoms with Gasteiger partial charge in [0.05, 0.1) is 23.0 Å². The predicted molar refractivity (Wildman–Crippen MR) is 78.1 cm³/mol. The minimum atomic E-state index is -0.667. The zero-order valence-electron chi connectivity index (χ0n) is 10.3. The number of nitrogens with zero attached hydrogens (tertiary/aromatic N) is 1. The van der Waals surface area contributed by atoms with Crippen molar-refractivity contribution in [3.05, 3.63) is 45.3 Å². The summed E-state index contributed by atoms with van der Waals surface area (Å²) in [6.07, 6.45) is 0. The third kappa shape index (κ3) is 2.76. The number of hydrogen-bond donors (Lipinski definition) is 1. The van der Waals surface area contributed by atoms with Crippen molar-refractivity contribution < 1.29 is 13.9 Å². The number of carbonyl (C=O) groups is 1. The van der Waals surface area contributed by atoms with Crippen LogP contribution in [-0.2, 0) is 4.74 Å². The van der Waals surface area contributed by atoms with E-state index in [1.54, 1.807) is 0 Å². The maximum atomic E-state index is 13.9. The lowest BCUT2D eigenvalue weighted by Gasteiger charge is -2.09. The standard InChI is InChI=1S/C13H9BrClFN2O2/c1-20-13(19)12-11(14)9(17)5-10(18-12)7-3-2-6(15)4-8(7)16/h2-5H,1H3,(H2,17,18). The number of pyridine rings is 1. The number of anilines is 1. The van der Waals surface area contributed by atoms with E-state index in [1.165, 1.54) is 25.3 Å². The fourth-order valence-electron chi connectivity index (χ4n) is 1.62. The van der Waals surface area contributed by atoms with Crippen LogP contribution in [-0.4, -0.2) is 18.1 Å². The Kier molecular flexibility index (Phi) is 4.25. The monoisotopic (exact) mass is 358 g/mol. The average Bonchev–Trinajstić information content (AvgIpc) is 2.41. The van der Waals surface area contributed by atoms with Gasteiger partial charge in [0.15, 0.2) is 5.69 Å². The van der Waals surface area contributed by atoms with E-state index < -0.39 is 11.8 Å². The SMILES string of the molecule is COC(=O)c1nc(-c2ccc(Cl)cc2F)cc(N)c1Br. The summed E-state index contributed by atoms with van der Waals surface area (Å²) in [6, 6.07) is 5.61. The molecule has 0 unspecified atom stereocenters. The molecule has 0 radical (unpaired) electrons. The van der Waals surface area contributed by atoms with E-state index in [-0.39, 0.29) is 27.7 Å². The number of hydrogen-bond acceptors (Lipinski definition) is 4. The second-order valence-electron chi connectivity index (χ2n) is 3.88. The maximum Gasteiger partial charge on any atom is 0.357 e. The molecule has 0 bridgehead atoms. The van der Waals surface area contributed by atoms with Crippen LogP contribution in [0.5, 0.6) is 0 Å². The van der Waals surface area contributed by atoms with Crippen molar-refractivity contribution in [2.75, 3.05) is 12.8 Å². The van der Waals surface area contributed by atoms with Crippen LogP contribution in [0.2, 0.25) is 5.02 Å². The molecule has 4 nitrogen and oxygen atoms in total. The Bertz CT molecular complexity index is 694. The number of nitrogen functional groups attached to an aromatic ring is 1. The van der Waals surface area contributed by atoms with E-state index >= 15 is 0 Å². The van der Waals surface area contributed by atoms with Crippen LogP contribution >= 0.6 is 27.5 Å². The maximum absolute atomic E-state index is 13.9. The van der Waals surface area contributed by atoms with Crippen molar-refractivity contribution >= 4 is 39.2 Å². The van der Waals surface area contributed by atoms with Crippen molar-refractivity contribution in [2.45, 2.75) is 0 Å². The third-order valence-corrected chi connectivity index (χ3v) is 3.64. The summed E-state index contributed by atoms with van der Waals surface area (Å²) in [5.41, 5.74) is 6.44. The van der Waals surface area contributed by atoms with Gasteiger partial charge in [-0.2, -0.15) is 0 Å². The molecule has 0 aliphatic rings. The molecule has 2 rings (SSSR count). The Morgan fingerprint density at radius 3 is 2.75 bits per heavy atom. The molecule has 0 amide bonds. The molecule has 7 heteroatoms. The number of esters is 1. The van der Waals surface area contributed by atoms with Crippen LogP contribution in [0.3, 0.4) is 0 Å². The van der Waals surface area contributed by atoms with Gasteiger partial charge in [-0.1, -0.05) is 11.6 Å². The molecule has 2 aromatic rings. The van der Waals surface area contributed by atoms with Crippen LogP contribution in [0, 0.1) is 5.82 Å². The van der Waals surface area contributed by atoms with E-state index in [9.17, 15) is 9.18 Å². The normalized spacial score (nSPS) is 10.4. The summed E-state index contributed by atoms with van der Waals surface area (Å²) < 4.78 is 18.8. The number of aromatic nitrogens is 1. The minimum Gasteiger partial charge on any atom is -0.464 e. The van der Waals surface area contributed by atoms with Gasteiger partial charge >= 0.3 is 5.97 Å². The van der Waals surface area contributed by atoms with Gasteiger partial charge in [-0.25, -0.2) is 14.2 Å². The molecule has 1 aromatic carbocycles. The first-order valence-electron chi connectivity index (χ1n) is 5.43. The summed E-state index contributed by atoms with van der Waals surface area (Å²) >= 11 is 8.85. The molecule has 0 spiro atoms. The largest absolute Gasteiger partial charge is 0.464 e. The fourth-order valence-corrected chi connectivity index (χ4v) is 2.14. The first kappa shape index (κ1) is 14.7. The second-order valence-corrected chi connectivity index (χ2v) is 5.10. The molecular formula is C13H9BrClFN2O2. The Labute approximate surface area is 127 Å². The highest BCUT2D eigenvalue weighted by atomic mass is 79.9. The molecule has 104 valence electrons. The van der Waals surface area contributed by atoms with Crippen LogP contribution in [0.25, 0.3) is 11.3 Å². The lowest BCUT2D eigenvalue weighted by molar-refractivity contribution is 0.0593. The highest BCUT2D eigenvalue weighted by Gasteiger charge is 2.18. The summed E-state index contributed by atoms with van der Waals surface area (Å²) in [5.74, 6) is -1.22. The number of ether oxygens (including phenoxy) is 1. The number of benzene rings is 1. The van der Waals surface area contributed by atoms with E-state index in [0.29, 0.717) is 4.47 Å². The number of nitrogens with two attached hydrogens (primary N) is 1. The Morgan fingerprint density at radius 1 is 1.45 bits per heavy atom. The van der Waals surface area contributed by atoms with Gasteiger partial charge < -0.3 is 10.5 Å². The lowest BCUT2D eigenvalue weighted by atomic mass is 10.1. The second kappa shape index (κ2) is 5.76. The molecule has 0 saturated heterocycles. The van der Waals surface area contributed by atoms with Crippen LogP contribution in [0.4, 0.5) is 10.1 Å². The van der Waals surface area contributed by atoms with Gasteiger partial charge in [0.1, 0.15) is 5.82 Å². The van der Waals surface area contributed by atoms with Gasteiger partial charge in [0, 0.05) is 10.6 Å². The Hall–Kier alpha value is -1.66. The summed E-state index contributed by atoms with van der Waals surface area (Å²) in [7, 11) is 1.22. The van der Waals surface area contributed by atoms with Crippen molar-refractivity contribution in [2.24, 2.45) is 0 Å². The van der Waals surface area contributed by atoms with E-state index in [4.69, 9.17) is 17.3 Å². The Morgan fingerprint density at radius 2 is 2.15 bits per heavy atom. The fraction of sp³-hybridized carbons (Fsp3) is 0.0769. The minimum absolute atomic E-state index is 0.0168. The topological polar surface area (TPSA) is 65.2 Å². The average molecular weight is 360 g/mol. The van der Waals surface area contributed by atoms with E-state index in [0.717, 1.165) is 6.07 Å². The van der Waals surface area contributed by atoms with Gasteiger partial charge in [0.25, 0.3) is 0 Å². The van der Waals surface area contributed by atoms with Crippen molar-refractivity contribution in [3.8, 4) is 11.3 Å². The van der Waals surface area contributed by atoms with Crippen molar-refractivity contribution in [1.29, 1.82) is 0 Å². The number of rotatable bonds is 2. The lowest BCUT2D eigenvalue weighted by Crippen LogP contribution is -2.08. The van der Waals surface area contributed by atoms with Gasteiger partial charge in [0.2, 0.25) is 0 Å². The first-order valence-corrected chi connectivity index (χ1v) is 6.61. The van der Waals surface area contributed by atoms with Crippen LogP contribution in [0.1, 0.15) is 10.5 Å². The number of methoxy groups -OCH3 is 1. The molecule has 0 aliphatic carbocycles. The van der Waals surface area contributed by atoms with Crippen LogP contribution in [0.15, 0.2) is 28.7 Å². The molecule has 20 heavy (non-hydrogen) atoms. The zero-order valence-corrected chi connectivity index (χ0v) is 12.6. The van der Waals surface area contributed by atoms with E-state index in [2.05, 4.69) is 25.7 Å². The van der Waals surface area contributed by atoms with E-state index in [1.807, 2.05) is 0 Å². The summed E-state index contributed by atoms with van der Waals surface area (Å²) in [4.78, 5) is 15.7. The zero-order chi connectivity index (χ0) is 14.9. The summed E-state index contributed by atoms with van der Waals surface area (Å²) in [6.45, 7) is 0. The molecular weight excluding hydrogens is 351 g/mol. The smallest absolute Gasteiger partial charge is 0.357 e. The number of halogens is 3. The van der Waals surface area contributed by atoms with Gasteiger partial charge in [-0.3, -0.25) is 0 Å². The molecule has 0 fully saturated rings. The van der Waals surface area contributed by atoms with Gasteiger partial charge in [-0.05, 0) is 40.2 Å². The van der Waals surface area contributed by atoms with Crippen LogP contribution < -0.4 is 5.73 Å².